The van der Waals surface area contributed by atoms with Gasteiger partial charge in [-0.25, -0.2) is 13.4 Å². The number of amides is 3. The third kappa shape index (κ3) is 7.33. The average Bonchev–Trinajstić information content (AvgIpc) is 3.96. The SMILES string of the molecule is COc1ccc2nc(C)c3c(c2c1)CC[C@]1(C[C@H]2C(=O)N[C@]4(C(=O)NS(=O)(=O)C5(C)CC5)C[C@H]4/C=C\CCCCC[C@H](CC(=O)CC4CCCC4)C(=O)N2C1)O3. The molecular weight excluding hydrogens is 733 g/mol. The fraction of sp³-hybridized carbons (Fsp3) is 0.651. The third-order valence-electron chi connectivity index (χ3n) is 13.8. The van der Waals surface area contributed by atoms with Crippen LogP contribution in [0.15, 0.2) is 30.4 Å². The average molecular weight is 789 g/mol. The number of fused-ring (bicyclic) bond motifs is 5. The maximum Gasteiger partial charge on any atom is 0.259 e. The number of allylic oxidation sites excluding steroid dienone is 1. The molecule has 56 heavy (non-hydrogen) atoms. The molecule has 3 amide bonds. The molecule has 3 aliphatic carbocycles. The van der Waals surface area contributed by atoms with Crippen molar-refractivity contribution in [3.63, 3.8) is 0 Å². The van der Waals surface area contributed by atoms with Gasteiger partial charge in [-0.05, 0) is 89.3 Å². The molecule has 4 heterocycles. The molecule has 6 aliphatic rings. The predicted molar refractivity (Wildman–Crippen MR) is 210 cm³/mol. The van der Waals surface area contributed by atoms with Gasteiger partial charge in [0.1, 0.15) is 34.5 Å². The van der Waals surface area contributed by atoms with Crippen LogP contribution in [-0.2, 0) is 35.6 Å². The molecule has 3 saturated carbocycles. The number of pyridine rings is 1. The molecular formula is C43H56N4O8S. The van der Waals surface area contributed by atoms with Gasteiger partial charge in [0.25, 0.3) is 5.91 Å². The van der Waals surface area contributed by atoms with Crippen LogP contribution in [0.25, 0.3) is 10.9 Å². The molecule has 0 radical (unpaired) electrons. The van der Waals surface area contributed by atoms with Crippen LogP contribution in [0.2, 0.25) is 0 Å². The normalized spacial score (nSPS) is 30.9. The lowest BCUT2D eigenvalue weighted by Gasteiger charge is -2.36. The summed E-state index contributed by atoms with van der Waals surface area (Å²) in [5, 5.41) is 3.94. The van der Waals surface area contributed by atoms with Gasteiger partial charge in [0.15, 0.2) is 0 Å². The van der Waals surface area contributed by atoms with Gasteiger partial charge < -0.3 is 19.7 Å². The molecule has 2 N–H and O–H groups in total. The number of ketones is 1. The number of hydrogen-bond donors (Lipinski definition) is 2. The minimum atomic E-state index is -3.96. The van der Waals surface area contributed by atoms with Gasteiger partial charge in [0.2, 0.25) is 21.8 Å². The quantitative estimate of drug-likeness (QED) is 0.317. The highest BCUT2D eigenvalue weighted by Crippen LogP contribution is 2.49. The second-order valence-electron chi connectivity index (χ2n) is 17.9. The predicted octanol–water partition coefficient (Wildman–Crippen LogP) is 5.77. The third-order valence-corrected chi connectivity index (χ3v) is 15.9. The number of aryl methyl sites for hydroxylation is 2. The number of nitrogens with zero attached hydrogens (tertiary/aromatic N) is 2. The number of methoxy groups -OCH3 is 1. The summed E-state index contributed by atoms with van der Waals surface area (Å²) in [7, 11) is -2.34. The first-order valence-electron chi connectivity index (χ1n) is 20.8. The number of Topliss-reactive ketones (excluding diaryl/α,β-unsaturated/α-hetero) is 1. The Morgan fingerprint density at radius 1 is 1.04 bits per heavy atom. The van der Waals surface area contributed by atoms with Crippen molar-refractivity contribution in [3.05, 3.63) is 41.6 Å². The summed E-state index contributed by atoms with van der Waals surface area (Å²) in [4.78, 5) is 63.7. The summed E-state index contributed by atoms with van der Waals surface area (Å²) in [5.74, 6) is -0.671. The van der Waals surface area contributed by atoms with Crippen LogP contribution in [0.4, 0.5) is 0 Å². The van der Waals surface area contributed by atoms with Crippen molar-refractivity contribution in [2.24, 2.45) is 17.8 Å². The monoisotopic (exact) mass is 788 g/mol. The molecule has 13 heteroatoms. The van der Waals surface area contributed by atoms with E-state index in [-0.39, 0.29) is 37.5 Å². The zero-order valence-corrected chi connectivity index (χ0v) is 33.8. The number of nitrogens with one attached hydrogen (secondary N) is 2. The number of carbonyl (C=O) groups excluding carboxylic acids is 4. The van der Waals surface area contributed by atoms with E-state index in [2.05, 4.69) is 10.0 Å². The van der Waals surface area contributed by atoms with E-state index in [1.165, 1.54) is 0 Å². The minimum Gasteiger partial charge on any atom is -0.497 e. The minimum absolute atomic E-state index is 0.0971. The maximum atomic E-state index is 14.9. The van der Waals surface area contributed by atoms with Crippen LogP contribution in [0.1, 0.15) is 121 Å². The molecule has 0 bridgehead atoms. The molecule has 1 aromatic carbocycles. The van der Waals surface area contributed by atoms with Gasteiger partial charge in [-0.1, -0.05) is 50.7 Å². The molecule has 12 nitrogen and oxygen atoms in total. The first-order valence-corrected chi connectivity index (χ1v) is 22.3. The highest BCUT2D eigenvalue weighted by atomic mass is 32.2. The lowest BCUT2D eigenvalue weighted by molar-refractivity contribution is -0.144. The number of carbonyl (C=O) groups is 4. The highest BCUT2D eigenvalue weighted by Gasteiger charge is 2.64. The van der Waals surface area contributed by atoms with E-state index in [0.717, 1.165) is 67.8 Å². The van der Waals surface area contributed by atoms with Crippen molar-refractivity contribution in [3.8, 4) is 11.5 Å². The van der Waals surface area contributed by atoms with Gasteiger partial charge >= 0.3 is 0 Å². The summed E-state index contributed by atoms with van der Waals surface area (Å²) in [6.07, 6.45) is 15.2. The van der Waals surface area contributed by atoms with E-state index in [1.54, 1.807) is 18.9 Å². The second-order valence-corrected chi connectivity index (χ2v) is 20.1. The smallest absolute Gasteiger partial charge is 0.259 e. The fourth-order valence-electron chi connectivity index (χ4n) is 9.82. The van der Waals surface area contributed by atoms with Crippen molar-refractivity contribution in [1.29, 1.82) is 0 Å². The van der Waals surface area contributed by atoms with Gasteiger partial charge in [-0.15, -0.1) is 0 Å². The topological polar surface area (TPSA) is 161 Å². The Hall–Kier alpha value is -4.00. The molecule has 2 aromatic rings. The van der Waals surface area contributed by atoms with Gasteiger partial charge in [0.05, 0.1) is 29.6 Å². The second kappa shape index (κ2) is 14.7. The van der Waals surface area contributed by atoms with E-state index in [1.807, 2.05) is 37.3 Å². The van der Waals surface area contributed by atoms with E-state index in [0.29, 0.717) is 61.6 Å². The number of ether oxygens (including phenoxy) is 2. The fourth-order valence-corrected chi connectivity index (χ4v) is 11.1. The molecule has 1 saturated heterocycles. The Labute approximate surface area is 330 Å². The Morgan fingerprint density at radius 2 is 1.80 bits per heavy atom. The standard InChI is InChI=1S/C43H56N4O8S/c1-27-37-33(34-23-32(54-3)15-16-35(34)44-27)17-18-42(55-37)25-36-38(49)45-43(40(51)46-56(52,53)41(2)19-20-41)24-30(43)14-8-6-4-5-7-13-29(39(50)47(36)26-42)22-31(48)21-28-11-9-10-12-28/h8,14-16,23,28-30,36H,4-7,9-13,17-22,24-26H2,1-3H3,(H,45,49)(H,46,51)/b14-8-/t29-,30-,36+,42-,43-/m1/s1. The first kappa shape index (κ1) is 38.9. The summed E-state index contributed by atoms with van der Waals surface area (Å²) in [6, 6.07) is 4.77. The number of rotatable bonds is 8. The van der Waals surface area contributed by atoms with Crippen molar-refractivity contribution in [2.75, 3.05) is 13.7 Å². The summed E-state index contributed by atoms with van der Waals surface area (Å²) < 4.78 is 40.3. The molecule has 8 rings (SSSR count). The van der Waals surface area contributed by atoms with Gasteiger partial charge in [0, 0.05) is 42.0 Å². The summed E-state index contributed by atoms with van der Waals surface area (Å²) in [6.45, 7) is 3.66. The van der Waals surface area contributed by atoms with Crippen LogP contribution in [0, 0.1) is 24.7 Å². The number of benzene rings is 1. The lowest BCUT2D eigenvalue weighted by atomic mass is 9.87. The van der Waals surface area contributed by atoms with Crippen molar-refractivity contribution in [2.45, 2.75) is 145 Å². The number of hydrogen-bond acceptors (Lipinski definition) is 9. The van der Waals surface area contributed by atoms with Gasteiger partial charge in [-0.2, -0.15) is 0 Å². The summed E-state index contributed by atoms with van der Waals surface area (Å²) >= 11 is 0. The Kier molecular flexibility index (Phi) is 10.2. The number of sulfonamides is 1. The first-order chi connectivity index (χ1) is 26.8. The zero-order chi connectivity index (χ0) is 39.5. The van der Waals surface area contributed by atoms with Crippen LogP contribution in [-0.4, -0.2) is 77.4 Å². The van der Waals surface area contributed by atoms with E-state index in [9.17, 15) is 27.6 Å². The van der Waals surface area contributed by atoms with E-state index < -0.39 is 55.6 Å². The van der Waals surface area contributed by atoms with Crippen LogP contribution in [0.3, 0.4) is 0 Å². The van der Waals surface area contributed by atoms with Crippen molar-refractivity contribution < 1.29 is 37.1 Å². The van der Waals surface area contributed by atoms with Crippen molar-refractivity contribution >= 4 is 44.4 Å². The Bertz CT molecular complexity index is 2070. The molecule has 1 aromatic heterocycles. The maximum absolute atomic E-state index is 14.9. The lowest BCUT2D eigenvalue weighted by Crippen LogP contribution is -2.57. The molecule has 3 aliphatic heterocycles. The Morgan fingerprint density at radius 3 is 2.55 bits per heavy atom. The van der Waals surface area contributed by atoms with Crippen LogP contribution >= 0.6 is 0 Å². The molecule has 4 fully saturated rings. The van der Waals surface area contributed by atoms with E-state index >= 15 is 0 Å². The molecule has 1 spiro atoms. The molecule has 0 unspecified atom stereocenters. The largest absolute Gasteiger partial charge is 0.497 e. The number of aromatic nitrogens is 1. The molecule has 5 atom stereocenters. The molecule has 302 valence electrons. The highest BCUT2D eigenvalue weighted by molar-refractivity contribution is 7.91. The van der Waals surface area contributed by atoms with Crippen LogP contribution < -0.4 is 19.5 Å². The van der Waals surface area contributed by atoms with Crippen LogP contribution in [0.5, 0.6) is 11.5 Å². The van der Waals surface area contributed by atoms with E-state index in [4.69, 9.17) is 14.5 Å². The zero-order valence-electron chi connectivity index (χ0n) is 33.0. The Balaban J connectivity index is 1.12. The summed E-state index contributed by atoms with van der Waals surface area (Å²) in [5.41, 5.74) is 0.152. The van der Waals surface area contributed by atoms with Gasteiger partial charge in [-0.3, -0.25) is 23.9 Å². The van der Waals surface area contributed by atoms with Crippen molar-refractivity contribution in [1.82, 2.24) is 19.9 Å².